The number of aromatic nitrogens is 1. The molecule has 0 saturated carbocycles. The summed E-state index contributed by atoms with van der Waals surface area (Å²) >= 11 is 1.47. The molecule has 0 saturated heterocycles. The van der Waals surface area contributed by atoms with Crippen LogP contribution in [-0.4, -0.2) is 47.1 Å². The molecule has 2 aromatic rings. The average Bonchev–Trinajstić information content (AvgIpc) is 2.85. The number of hydrogen-bond acceptors (Lipinski definition) is 7. The van der Waals surface area contributed by atoms with E-state index in [1.807, 2.05) is 36.9 Å². The first kappa shape index (κ1) is 16.0. The van der Waals surface area contributed by atoms with Gasteiger partial charge >= 0.3 is 0 Å². The number of nitrogens with two attached hydrogens (primary N) is 1. The van der Waals surface area contributed by atoms with Gasteiger partial charge in [0.15, 0.2) is 5.13 Å². The maximum absolute atomic E-state index is 9.80. The van der Waals surface area contributed by atoms with Crippen LogP contribution in [0.4, 0.5) is 10.8 Å². The van der Waals surface area contributed by atoms with Crippen LogP contribution in [-0.2, 0) is 0 Å². The first-order valence-electron chi connectivity index (χ1n) is 7.55. The van der Waals surface area contributed by atoms with E-state index in [1.165, 1.54) is 11.3 Å². The van der Waals surface area contributed by atoms with Crippen LogP contribution in [0.5, 0.6) is 5.75 Å². The zero-order valence-electron chi connectivity index (χ0n) is 13.2. The lowest BCUT2D eigenvalue weighted by Crippen LogP contribution is -2.43. The molecule has 23 heavy (non-hydrogen) atoms. The molecule has 4 N–H and O–H groups in total. The van der Waals surface area contributed by atoms with E-state index >= 15 is 0 Å². The molecule has 7 heteroatoms. The minimum absolute atomic E-state index is 0.0240. The zero-order chi connectivity index (χ0) is 16.6. The van der Waals surface area contributed by atoms with Crippen molar-refractivity contribution in [1.82, 2.24) is 4.98 Å². The highest BCUT2D eigenvalue weighted by Crippen LogP contribution is 2.38. The smallest absolute Gasteiger partial charge is 0.180 e. The maximum atomic E-state index is 9.80. The Morgan fingerprint density at radius 3 is 2.96 bits per heavy atom. The van der Waals surface area contributed by atoms with Crippen LogP contribution in [0.3, 0.4) is 0 Å². The van der Waals surface area contributed by atoms with Gasteiger partial charge in [0.05, 0.1) is 30.6 Å². The van der Waals surface area contributed by atoms with Gasteiger partial charge in [0.2, 0.25) is 0 Å². The molecule has 2 heterocycles. The third kappa shape index (κ3) is 3.26. The predicted molar refractivity (Wildman–Crippen MR) is 92.1 cm³/mol. The van der Waals surface area contributed by atoms with Crippen LogP contribution in [0.1, 0.15) is 11.8 Å². The van der Waals surface area contributed by atoms with Crippen molar-refractivity contribution in [1.29, 1.82) is 0 Å². The van der Waals surface area contributed by atoms with E-state index in [1.54, 1.807) is 0 Å². The molecule has 0 aliphatic carbocycles. The third-order valence-corrected chi connectivity index (χ3v) is 4.63. The minimum Gasteiger partial charge on any atom is -0.487 e. The van der Waals surface area contributed by atoms with Gasteiger partial charge in [-0.05, 0) is 32.0 Å². The number of benzene rings is 1. The van der Waals surface area contributed by atoms with Gasteiger partial charge < -0.3 is 25.6 Å². The Labute approximate surface area is 139 Å². The second kappa shape index (κ2) is 6.35. The number of hydrogen-bond donors (Lipinski definition) is 3. The van der Waals surface area contributed by atoms with E-state index in [9.17, 15) is 5.11 Å². The highest BCUT2D eigenvalue weighted by molar-refractivity contribution is 7.15. The summed E-state index contributed by atoms with van der Waals surface area (Å²) in [6, 6.07) is 5.90. The molecule has 124 valence electrons. The van der Waals surface area contributed by atoms with E-state index in [4.69, 9.17) is 15.6 Å². The fourth-order valence-corrected chi connectivity index (χ4v) is 3.55. The summed E-state index contributed by atoms with van der Waals surface area (Å²) in [6.45, 7) is 4.74. The van der Waals surface area contributed by atoms with Crippen molar-refractivity contribution in [3.05, 3.63) is 23.1 Å². The summed E-state index contributed by atoms with van der Waals surface area (Å²) in [5, 5.41) is 19.5. The highest BCUT2D eigenvalue weighted by Gasteiger charge is 2.25. The van der Waals surface area contributed by atoms with Gasteiger partial charge in [-0.2, -0.15) is 0 Å². The van der Waals surface area contributed by atoms with E-state index in [-0.39, 0.29) is 12.7 Å². The van der Waals surface area contributed by atoms with Crippen LogP contribution in [0, 0.1) is 6.92 Å². The largest absolute Gasteiger partial charge is 0.487 e. The number of aliphatic hydroxyl groups excluding tert-OH is 2. The molecule has 1 aromatic carbocycles. The SMILES string of the molecule is Cc1sc(N)nc1-c1ccc2c(c1)N(CC(O)CO)CC(C)O2. The number of thiazole rings is 1. The molecule has 2 atom stereocenters. The molecule has 2 unspecified atom stereocenters. The normalized spacial score (nSPS) is 18.4. The Morgan fingerprint density at radius 1 is 1.52 bits per heavy atom. The lowest BCUT2D eigenvalue weighted by molar-refractivity contribution is 0.0961. The van der Waals surface area contributed by atoms with Gasteiger partial charge in [-0.25, -0.2) is 4.98 Å². The molecule has 0 amide bonds. The Hall–Kier alpha value is -1.83. The van der Waals surface area contributed by atoms with Crippen molar-refractivity contribution in [2.75, 3.05) is 30.3 Å². The van der Waals surface area contributed by atoms with Crippen molar-refractivity contribution >= 4 is 22.2 Å². The number of anilines is 2. The van der Waals surface area contributed by atoms with Crippen molar-refractivity contribution in [3.63, 3.8) is 0 Å². The molecule has 0 spiro atoms. The lowest BCUT2D eigenvalue weighted by Gasteiger charge is -2.36. The Balaban J connectivity index is 1.99. The van der Waals surface area contributed by atoms with Gasteiger partial charge in [0, 0.05) is 17.0 Å². The standard InChI is InChI=1S/C16H21N3O3S/c1-9-6-19(7-12(21)8-20)13-5-11(3-4-14(13)22-9)15-10(2)23-16(17)18-15/h3-5,9,12,20-21H,6-8H2,1-2H3,(H2,17,18). The van der Waals surface area contributed by atoms with Crippen LogP contribution in [0.25, 0.3) is 11.3 Å². The molecule has 1 aliphatic rings. The molecule has 0 bridgehead atoms. The molecular formula is C16H21N3O3S. The van der Waals surface area contributed by atoms with Gasteiger partial charge in [0.25, 0.3) is 0 Å². The molecule has 1 aromatic heterocycles. The van der Waals surface area contributed by atoms with Gasteiger partial charge in [0.1, 0.15) is 11.9 Å². The molecule has 6 nitrogen and oxygen atoms in total. The average molecular weight is 335 g/mol. The first-order valence-corrected chi connectivity index (χ1v) is 8.37. The second-order valence-corrected chi connectivity index (χ2v) is 7.04. The third-order valence-electron chi connectivity index (χ3n) is 3.83. The number of nitrogen functional groups attached to an aromatic ring is 1. The van der Waals surface area contributed by atoms with E-state index in [0.717, 1.165) is 27.6 Å². The van der Waals surface area contributed by atoms with Crippen LogP contribution < -0.4 is 15.4 Å². The van der Waals surface area contributed by atoms with E-state index < -0.39 is 6.10 Å². The Kier molecular flexibility index (Phi) is 4.43. The van der Waals surface area contributed by atoms with Gasteiger partial charge in [-0.15, -0.1) is 11.3 Å². The molecule has 1 aliphatic heterocycles. The molecule has 3 rings (SSSR count). The Morgan fingerprint density at radius 2 is 2.30 bits per heavy atom. The number of ether oxygens (including phenoxy) is 1. The minimum atomic E-state index is -0.784. The summed E-state index contributed by atoms with van der Waals surface area (Å²) in [4.78, 5) is 7.50. The van der Waals surface area contributed by atoms with Gasteiger partial charge in [-0.1, -0.05) is 0 Å². The summed E-state index contributed by atoms with van der Waals surface area (Å²) in [5.74, 6) is 0.776. The quantitative estimate of drug-likeness (QED) is 0.787. The molecular weight excluding hydrogens is 314 g/mol. The van der Waals surface area contributed by atoms with Crippen molar-refractivity contribution in [3.8, 4) is 17.0 Å². The Bertz CT molecular complexity index is 704. The predicted octanol–water partition coefficient (Wildman–Crippen LogP) is 1.64. The van der Waals surface area contributed by atoms with Crippen molar-refractivity contribution in [2.24, 2.45) is 0 Å². The number of rotatable bonds is 4. The molecule has 0 radical (unpaired) electrons. The van der Waals surface area contributed by atoms with Crippen LogP contribution in [0.2, 0.25) is 0 Å². The maximum Gasteiger partial charge on any atom is 0.180 e. The fourth-order valence-electron chi connectivity index (χ4n) is 2.84. The first-order chi connectivity index (χ1) is 11.0. The van der Waals surface area contributed by atoms with Crippen molar-refractivity contribution in [2.45, 2.75) is 26.1 Å². The zero-order valence-corrected chi connectivity index (χ0v) is 14.0. The summed E-state index contributed by atoms with van der Waals surface area (Å²) in [5.41, 5.74) is 8.54. The summed E-state index contributed by atoms with van der Waals surface area (Å²) in [6.07, 6.45) is -0.760. The highest BCUT2D eigenvalue weighted by atomic mass is 32.1. The number of aliphatic hydroxyl groups is 2. The summed E-state index contributed by atoms with van der Waals surface area (Å²) in [7, 11) is 0. The summed E-state index contributed by atoms with van der Waals surface area (Å²) < 4.78 is 5.88. The second-order valence-electron chi connectivity index (χ2n) is 5.81. The molecule has 0 fully saturated rings. The van der Waals surface area contributed by atoms with Crippen LogP contribution in [0.15, 0.2) is 18.2 Å². The number of aryl methyl sites for hydroxylation is 1. The number of nitrogens with zero attached hydrogens (tertiary/aromatic N) is 2. The number of fused-ring (bicyclic) bond motifs is 1. The van der Waals surface area contributed by atoms with Crippen molar-refractivity contribution < 1.29 is 14.9 Å². The van der Waals surface area contributed by atoms with Crippen LogP contribution >= 0.6 is 11.3 Å². The van der Waals surface area contributed by atoms with Gasteiger partial charge in [-0.3, -0.25) is 0 Å². The monoisotopic (exact) mass is 335 g/mol. The van der Waals surface area contributed by atoms with E-state index in [0.29, 0.717) is 18.2 Å². The lowest BCUT2D eigenvalue weighted by atomic mass is 10.1. The van der Waals surface area contributed by atoms with E-state index in [2.05, 4.69) is 4.98 Å². The topological polar surface area (TPSA) is 91.8 Å². The fraction of sp³-hybridized carbons (Fsp3) is 0.438. The number of β-amino-alcohol motifs (C(OH)–C–C–N with tert-alkyl or cyclic N) is 1.